The first-order chi connectivity index (χ1) is 10.4. The SMILES string of the molecule is Cc1cc(Cc2ccccc2)cc2c1NCCC2C(C)(C)C. The third-order valence-electron chi connectivity index (χ3n) is 4.83. The van der Waals surface area contributed by atoms with Crippen molar-refractivity contribution >= 4 is 5.69 Å². The molecular weight excluding hydrogens is 266 g/mol. The summed E-state index contributed by atoms with van der Waals surface area (Å²) in [5.74, 6) is 0.637. The van der Waals surface area contributed by atoms with Crippen molar-refractivity contribution in [1.82, 2.24) is 0 Å². The summed E-state index contributed by atoms with van der Waals surface area (Å²) < 4.78 is 0. The predicted octanol–water partition coefficient (Wildman–Crippen LogP) is 5.53. The molecule has 1 atom stereocenters. The Balaban J connectivity index is 2.00. The number of benzene rings is 2. The molecule has 22 heavy (non-hydrogen) atoms. The van der Waals surface area contributed by atoms with E-state index in [1.807, 2.05) is 0 Å². The summed E-state index contributed by atoms with van der Waals surface area (Å²) in [5, 5.41) is 3.62. The van der Waals surface area contributed by atoms with E-state index in [1.54, 1.807) is 0 Å². The molecule has 0 aliphatic carbocycles. The molecule has 0 aromatic heterocycles. The van der Waals surface area contributed by atoms with Crippen LogP contribution < -0.4 is 5.32 Å². The summed E-state index contributed by atoms with van der Waals surface area (Å²) in [6, 6.07) is 15.6. The second-order valence-corrected chi connectivity index (χ2v) is 7.67. The minimum atomic E-state index is 0.314. The first-order valence-electron chi connectivity index (χ1n) is 8.36. The zero-order valence-corrected chi connectivity index (χ0v) is 14.2. The Bertz CT molecular complexity index is 650. The standard InChI is InChI=1S/C21H27N/c1-15-12-17(13-16-8-6-5-7-9-16)14-18-19(21(2,3)4)10-11-22-20(15)18/h5-9,12,14,19,22H,10-11,13H2,1-4H3. The molecule has 1 aliphatic rings. The number of hydrogen-bond donors (Lipinski definition) is 1. The van der Waals surface area contributed by atoms with Crippen LogP contribution in [0.15, 0.2) is 42.5 Å². The summed E-state index contributed by atoms with van der Waals surface area (Å²) in [7, 11) is 0. The number of rotatable bonds is 2. The predicted molar refractivity (Wildman–Crippen MR) is 95.7 cm³/mol. The lowest BCUT2D eigenvalue weighted by molar-refractivity contribution is 0.305. The fourth-order valence-electron chi connectivity index (χ4n) is 3.74. The van der Waals surface area contributed by atoms with Gasteiger partial charge >= 0.3 is 0 Å². The Morgan fingerprint density at radius 2 is 1.77 bits per heavy atom. The van der Waals surface area contributed by atoms with Crippen molar-refractivity contribution in [3.8, 4) is 0 Å². The maximum atomic E-state index is 3.62. The Hall–Kier alpha value is -1.76. The zero-order chi connectivity index (χ0) is 15.7. The molecule has 0 saturated heterocycles. The second-order valence-electron chi connectivity index (χ2n) is 7.67. The fraction of sp³-hybridized carbons (Fsp3) is 0.429. The van der Waals surface area contributed by atoms with Gasteiger partial charge in [-0.2, -0.15) is 0 Å². The van der Waals surface area contributed by atoms with Gasteiger partial charge in [0, 0.05) is 12.2 Å². The molecule has 1 nitrogen and oxygen atoms in total. The van der Waals surface area contributed by atoms with E-state index >= 15 is 0 Å². The van der Waals surface area contributed by atoms with Crippen molar-refractivity contribution in [3.63, 3.8) is 0 Å². The average Bonchev–Trinajstić information content (AvgIpc) is 2.47. The molecule has 116 valence electrons. The van der Waals surface area contributed by atoms with Crippen molar-refractivity contribution in [3.05, 3.63) is 64.7 Å². The van der Waals surface area contributed by atoms with E-state index in [-0.39, 0.29) is 0 Å². The van der Waals surface area contributed by atoms with Gasteiger partial charge in [-0.25, -0.2) is 0 Å². The third-order valence-corrected chi connectivity index (χ3v) is 4.83. The molecule has 0 fully saturated rings. The number of nitrogens with one attached hydrogen (secondary N) is 1. The maximum Gasteiger partial charge on any atom is 0.0405 e. The highest BCUT2D eigenvalue weighted by Crippen LogP contribution is 2.44. The summed E-state index contributed by atoms with van der Waals surface area (Å²) in [6.45, 7) is 10.4. The molecule has 0 radical (unpaired) electrons. The van der Waals surface area contributed by atoms with Gasteiger partial charge in [-0.15, -0.1) is 0 Å². The van der Waals surface area contributed by atoms with Crippen LogP contribution in [-0.2, 0) is 6.42 Å². The maximum absolute atomic E-state index is 3.62. The van der Waals surface area contributed by atoms with Gasteiger partial charge in [0.25, 0.3) is 0 Å². The van der Waals surface area contributed by atoms with E-state index in [1.165, 1.54) is 34.4 Å². The van der Waals surface area contributed by atoms with Gasteiger partial charge in [0.2, 0.25) is 0 Å². The monoisotopic (exact) mass is 293 g/mol. The minimum absolute atomic E-state index is 0.314. The molecule has 1 N–H and O–H groups in total. The molecular formula is C21H27N. The Morgan fingerprint density at radius 1 is 1.05 bits per heavy atom. The lowest BCUT2D eigenvalue weighted by Gasteiger charge is -2.37. The van der Waals surface area contributed by atoms with Crippen molar-refractivity contribution in [1.29, 1.82) is 0 Å². The van der Waals surface area contributed by atoms with Crippen LogP contribution in [-0.4, -0.2) is 6.54 Å². The van der Waals surface area contributed by atoms with Gasteiger partial charge in [-0.3, -0.25) is 0 Å². The molecule has 3 rings (SSSR count). The van der Waals surface area contributed by atoms with Crippen LogP contribution in [0.1, 0.15) is 55.4 Å². The van der Waals surface area contributed by atoms with Crippen LogP contribution >= 0.6 is 0 Å². The van der Waals surface area contributed by atoms with Crippen LogP contribution in [0.4, 0.5) is 5.69 Å². The number of aryl methyl sites for hydroxylation is 1. The van der Waals surface area contributed by atoms with Crippen molar-refractivity contribution in [2.75, 3.05) is 11.9 Å². The van der Waals surface area contributed by atoms with Gasteiger partial charge < -0.3 is 5.32 Å². The molecule has 0 saturated carbocycles. The van der Waals surface area contributed by atoms with Crippen LogP contribution in [0, 0.1) is 12.3 Å². The molecule has 0 bridgehead atoms. The first kappa shape index (κ1) is 15.1. The number of anilines is 1. The summed E-state index contributed by atoms with van der Waals surface area (Å²) in [4.78, 5) is 0. The van der Waals surface area contributed by atoms with E-state index < -0.39 is 0 Å². The molecule has 1 aliphatic heterocycles. The second kappa shape index (κ2) is 5.79. The van der Waals surface area contributed by atoms with E-state index in [4.69, 9.17) is 0 Å². The van der Waals surface area contributed by atoms with Crippen LogP contribution in [0.3, 0.4) is 0 Å². The molecule has 0 amide bonds. The smallest absolute Gasteiger partial charge is 0.0405 e. The molecule has 0 spiro atoms. The highest BCUT2D eigenvalue weighted by molar-refractivity contribution is 5.62. The number of hydrogen-bond acceptors (Lipinski definition) is 1. The van der Waals surface area contributed by atoms with Crippen molar-refractivity contribution in [2.45, 2.75) is 46.5 Å². The molecule has 2 aromatic carbocycles. The summed E-state index contributed by atoms with van der Waals surface area (Å²) >= 11 is 0. The third kappa shape index (κ3) is 3.04. The van der Waals surface area contributed by atoms with Crippen LogP contribution in [0.25, 0.3) is 0 Å². The van der Waals surface area contributed by atoms with E-state index in [0.717, 1.165) is 13.0 Å². The van der Waals surface area contributed by atoms with Crippen LogP contribution in [0.5, 0.6) is 0 Å². The summed E-state index contributed by atoms with van der Waals surface area (Å²) in [5.41, 5.74) is 7.41. The van der Waals surface area contributed by atoms with E-state index in [9.17, 15) is 0 Å². The fourth-order valence-corrected chi connectivity index (χ4v) is 3.74. The molecule has 2 aromatic rings. The largest absolute Gasteiger partial charge is 0.385 e. The Kier molecular flexibility index (Phi) is 3.99. The minimum Gasteiger partial charge on any atom is -0.385 e. The highest BCUT2D eigenvalue weighted by Gasteiger charge is 2.31. The van der Waals surface area contributed by atoms with Crippen molar-refractivity contribution in [2.24, 2.45) is 5.41 Å². The summed E-state index contributed by atoms with van der Waals surface area (Å²) in [6.07, 6.45) is 2.25. The number of fused-ring (bicyclic) bond motifs is 1. The van der Waals surface area contributed by atoms with Gasteiger partial charge in [0.15, 0.2) is 0 Å². The van der Waals surface area contributed by atoms with Gasteiger partial charge in [-0.05, 0) is 53.4 Å². The zero-order valence-electron chi connectivity index (χ0n) is 14.2. The lowest BCUT2D eigenvalue weighted by Crippen LogP contribution is -2.27. The topological polar surface area (TPSA) is 12.0 Å². The van der Waals surface area contributed by atoms with Crippen molar-refractivity contribution < 1.29 is 0 Å². The Morgan fingerprint density at radius 3 is 2.45 bits per heavy atom. The van der Waals surface area contributed by atoms with Crippen LogP contribution in [0.2, 0.25) is 0 Å². The normalized spacial score (nSPS) is 17.7. The van der Waals surface area contributed by atoms with E-state index in [2.05, 4.69) is 75.5 Å². The van der Waals surface area contributed by atoms with Gasteiger partial charge in [0.05, 0.1) is 0 Å². The van der Waals surface area contributed by atoms with Gasteiger partial charge in [-0.1, -0.05) is 63.2 Å². The van der Waals surface area contributed by atoms with Gasteiger partial charge in [0.1, 0.15) is 0 Å². The molecule has 1 heterocycles. The quantitative estimate of drug-likeness (QED) is 0.767. The lowest BCUT2D eigenvalue weighted by atomic mass is 9.72. The highest BCUT2D eigenvalue weighted by atomic mass is 14.9. The average molecular weight is 293 g/mol. The molecule has 1 unspecified atom stereocenters. The molecule has 1 heteroatoms. The first-order valence-corrected chi connectivity index (χ1v) is 8.36. The van der Waals surface area contributed by atoms with E-state index in [0.29, 0.717) is 11.3 Å². The Labute approximate surface area is 134 Å².